The van der Waals surface area contributed by atoms with E-state index in [1.807, 2.05) is 6.07 Å². The van der Waals surface area contributed by atoms with Gasteiger partial charge in [0.1, 0.15) is 19.0 Å². The number of nitro groups is 1. The maximum atomic E-state index is 12.6. The van der Waals surface area contributed by atoms with Crippen molar-refractivity contribution in [1.82, 2.24) is 9.78 Å². The number of benzene rings is 2. The number of H-pyrrole nitrogens is 1. The minimum atomic E-state index is -0.616. The van der Waals surface area contributed by atoms with Crippen molar-refractivity contribution in [2.45, 2.75) is 0 Å². The first kappa shape index (κ1) is 17.3. The lowest BCUT2D eigenvalue weighted by molar-refractivity contribution is -0.384. The van der Waals surface area contributed by atoms with Crippen molar-refractivity contribution in [3.63, 3.8) is 0 Å². The zero-order valence-corrected chi connectivity index (χ0v) is 14.4. The number of nitrogens with two attached hydrogens (primary N) is 1. The summed E-state index contributed by atoms with van der Waals surface area (Å²) in [6.45, 7) is 0.609. The summed E-state index contributed by atoms with van der Waals surface area (Å²) in [6, 6.07) is 11.3. The van der Waals surface area contributed by atoms with Crippen molar-refractivity contribution < 1.29 is 14.4 Å². The number of fused-ring (bicyclic) bond motifs is 1. The van der Waals surface area contributed by atoms with Gasteiger partial charge in [0.2, 0.25) is 0 Å². The lowest BCUT2D eigenvalue weighted by Crippen LogP contribution is -2.15. The van der Waals surface area contributed by atoms with E-state index in [0.717, 1.165) is 0 Å². The van der Waals surface area contributed by atoms with Gasteiger partial charge in [0.15, 0.2) is 22.9 Å². The normalized spacial score (nSPS) is 13.0. The minimum absolute atomic E-state index is 0.0159. The van der Waals surface area contributed by atoms with Crippen LogP contribution in [0.3, 0.4) is 0 Å². The molecule has 4 rings (SSSR count). The SMILES string of the molecule is Nc1[nH]n(-c2ccccc2)c(=O)c1N=Nc1cc2c(cc1[N+](=O)[O-])OCCO2. The average molecular weight is 382 g/mol. The van der Waals surface area contributed by atoms with E-state index >= 15 is 0 Å². The molecule has 2 aromatic carbocycles. The third-order valence-corrected chi connectivity index (χ3v) is 4.00. The molecule has 2 heterocycles. The number of para-hydroxylation sites is 1. The molecular formula is C17H14N6O5. The van der Waals surface area contributed by atoms with Crippen molar-refractivity contribution in [3.05, 3.63) is 62.9 Å². The number of nitrogen functional groups attached to an aromatic ring is 1. The molecule has 0 aliphatic carbocycles. The van der Waals surface area contributed by atoms with E-state index in [1.54, 1.807) is 24.3 Å². The summed E-state index contributed by atoms with van der Waals surface area (Å²) in [5, 5.41) is 21.8. The van der Waals surface area contributed by atoms with Gasteiger partial charge in [-0.15, -0.1) is 10.2 Å². The molecule has 28 heavy (non-hydrogen) atoms. The number of nitrogens with one attached hydrogen (secondary N) is 1. The molecule has 0 bridgehead atoms. The number of nitro benzene ring substituents is 1. The molecule has 1 aliphatic rings. The van der Waals surface area contributed by atoms with Crippen LogP contribution in [0.4, 0.5) is 22.9 Å². The lowest BCUT2D eigenvalue weighted by Gasteiger charge is -2.18. The summed E-state index contributed by atoms with van der Waals surface area (Å²) in [7, 11) is 0. The summed E-state index contributed by atoms with van der Waals surface area (Å²) >= 11 is 0. The fourth-order valence-corrected chi connectivity index (χ4v) is 2.70. The standard InChI is InChI=1S/C17H14N6O5/c18-16-15(17(24)22(21-16)10-4-2-1-3-5-10)20-19-11-8-13-14(28-7-6-27-13)9-12(11)23(25)26/h1-5,8-9,21H,6-7,18H2. The molecule has 0 saturated carbocycles. The molecule has 11 nitrogen and oxygen atoms in total. The summed E-state index contributed by atoms with van der Waals surface area (Å²) in [4.78, 5) is 23.3. The second-order valence-electron chi connectivity index (χ2n) is 5.79. The molecule has 3 aromatic rings. The van der Waals surface area contributed by atoms with E-state index in [2.05, 4.69) is 15.3 Å². The van der Waals surface area contributed by atoms with Crippen molar-refractivity contribution in [3.8, 4) is 17.2 Å². The Balaban J connectivity index is 1.75. The average Bonchev–Trinajstić information content (AvgIpc) is 3.00. The summed E-state index contributed by atoms with van der Waals surface area (Å²) in [5.41, 5.74) is 5.30. The number of azo groups is 1. The van der Waals surface area contributed by atoms with Gasteiger partial charge in [-0.25, -0.2) is 4.68 Å². The third-order valence-electron chi connectivity index (χ3n) is 4.00. The second-order valence-corrected chi connectivity index (χ2v) is 5.79. The maximum Gasteiger partial charge on any atom is 0.301 e. The highest BCUT2D eigenvalue weighted by atomic mass is 16.6. The van der Waals surface area contributed by atoms with E-state index in [0.29, 0.717) is 24.7 Å². The van der Waals surface area contributed by atoms with Crippen molar-refractivity contribution >= 4 is 22.9 Å². The molecule has 3 N–H and O–H groups in total. The van der Waals surface area contributed by atoms with Crippen molar-refractivity contribution in [2.75, 3.05) is 18.9 Å². The molecular weight excluding hydrogens is 368 g/mol. The van der Waals surface area contributed by atoms with Gasteiger partial charge in [0, 0.05) is 6.07 Å². The van der Waals surface area contributed by atoms with Crippen molar-refractivity contribution in [2.24, 2.45) is 10.2 Å². The Morgan fingerprint density at radius 2 is 1.79 bits per heavy atom. The van der Waals surface area contributed by atoms with Crippen LogP contribution in [-0.2, 0) is 0 Å². The molecule has 0 amide bonds. The van der Waals surface area contributed by atoms with Crippen LogP contribution in [0.2, 0.25) is 0 Å². The Labute approximate surface area is 157 Å². The number of aromatic nitrogens is 2. The monoisotopic (exact) mass is 382 g/mol. The van der Waals surface area contributed by atoms with Gasteiger partial charge >= 0.3 is 11.2 Å². The van der Waals surface area contributed by atoms with E-state index in [-0.39, 0.29) is 28.6 Å². The van der Waals surface area contributed by atoms with Gasteiger partial charge in [-0.3, -0.25) is 20.0 Å². The summed E-state index contributed by atoms with van der Waals surface area (Å²) in [6.07, 6.45) is 0. The molecule has 0 fully saturated rings. The van der Waals surface area contributed by atoms with Crippen LogP contribution in [0, 0.1) is 10.1 Å². The number of rotatable bonds is 4. The molecule has 0 saturated heterocycles. The minimum Gasteiger partial charge on any atom is -0.486 e. The Hall–Kier alpha value is -4.15. The summed E-state index contributed by atoms with van der Waals surface area (Å²) in [5.74, 6) is 0.553. The molecule has 1 aliphatic heterocycles. The first-order chi connectivity index (χ1) is 13.5. The highest BCUT2D eigenvalue weighted by Gasteiger charge is 2.23. The Morgan fingerprint density at radius 3 is 2.46 bits per heavy atom. The van der Waals surface area contributed by atoms with E-state index < -0.39 is 10.5 Å². The van der Waals surface area contributed by atoms with Crippen LogP contribution < -0.4 is 20.8 Å². The number of hydrogen-bond acceptors (Lipinski definition) is 8. The third kappa shape index (κ3) is 3.05. The zero-order chi connectivity index (χ0) is 19.7. The van der Waals surface area contributed by atoms with E-state index in [4.69, 9.17) is 15.2 Å². The molecule has 11 heteroatoms. The van der Waals surface area contributed by atoms with Crippen LogP contribution in [0.25, 0.3) is 5.69 Å². The summed E-state index contributed by atoms with van der Waals surface area (Å²) < 4.78 is 12.0. The van der Waals surface area contributed by atoms with Gasteiger partial charge in [-0.2, -0.15) is 0 Å². The fraction of sp³-hybridized carbons (Fsp3) is 0.118. The smallest absolute Gasteiger partial charge is 0.301 e. The maximum absolute atomic E-state index is 12.6. The van der Waals surface area contributed by atoms with Crippen LogP contribution in [-0.4, -0.2) is 27.9 Å². The number of ether oxygens (including phenoxy) is 2. The number of nitrogens with zero attached hydrogens (tertiary/aromatic N) is 4. The highest BCUT2D eigenvalue weighted by molar-refractivity contribution is 5.66. The van der Waals surface area contributed by atoms with Crippen LogP contribution >= 0.6 is 0 Å². The molecule has 0 atom stereocenters. The molecule has 0 radical (unpaired) electrons. The van der Waals surface area contributed by atoms with Crippen LogP contribution in [0.1, 0.15) is 0 Å². The predicted molar refractivity (Wildman–Crippen MR) is 99.1 cm³/mol. The van der Waals surface area contributed by atoms with Gasteiger partial charge in [-0.05, 0) is 12.1 Å². The first-order valence-corrected chi connectivity index (χ1v) is 8.20. The van der Waals surface area contributed by atoms with E-state index in [9.17, 15) is 14.9 Å². The van der Waals surface area contributed by atoms with Crippen LogP contribution in [0.15, 0.2) is 57.5 Å². The first-order valence-electron chi connectivity index (χ1n) is 8.20. The topological polar surface area (TPSA) is 150 Å². The quantitative estimate of drug-likeness (QED) is 0.402. The zero-order valence-electron chi connectivity index (χ0n) is 14.4. The highest BCUT2D eigenvalue weighted by Crippen LogP contribution is 2.41. The molecule has 0 unspecified atom stereocenters. The van der Waals surface area contributed by atoms with Crippen molar-refractivity contribution in [1.29, 1.82) is 0 Å². The molecule has 1 aromatic heterocycles. The van der Waals surface area contributed by atoms with Crippen LogP contribution in [0.5, 0.6) is 11.5 Å². The Kier molecular flexibility index (Phi) is 4.24. The number of anilines is 1. The fourth-order valence-electron chi connectivity index (χ4n) is 2.70. The number of aromatic amines is 1. The second kappa shape index (κ2) is 6.87. The predicted octanol–water partition coefficient (Wildman–Crippen LogP) is 2.84. The molecule has 142 valence electrons. The van der Waals surface area contributed by atoms with Gasteiger partial charge in [0.05, 0.1) is 16.7 Å². The molecule has 0 spiro atoms. The Morgan fingerprint density at radius 1 is 1.11 bits per heavy atom. The van der Waals surface area contributed by atoms with Gasteiger partial charge in [-0.1, -0.05) is 18.2 Å². The van der Waals surface area contributed by atoms with E-state index in [1.165, 1.54) is 16.8 Å². The Bertz CT molecular complexity index is 1130. The lowest BCUT2D eigenvalue weighted by atomic mass is 10.2. The largest absolute Gasteiger partial charge is 0.486 e. The number of hydrogen-bond donors (Lipinski definition) is 2. The van der Waals surface area contributed by atoms with Gasteiger partial charge in [0.25, 0.3) is 0 Å². The van der Waals surface area contributed by atoms with Gasteiger partial charge < -0.3 is 15.2 Å².